The Morgan fingerprint density at radius 2 is 1.75 bits per heavy atom. The summed E-state index contributed by atoms with van der Waals surface area (Å²) >= 11 is 0. The predicted octanol–water partition coefficient (Wildman–Crippen LogP) is 2.81. The molecular weight excluding hydrogens is 414 g/mol. The van der Waals surface area contributed by atoms with Crippen LogP contribution >= 0.6 is 0 Å². The Labute approximate surface area is 181 Å². The van der Waals surface area contributed by atoms with E-state index in [-0.39, 0.29) is 22.0 Å². The van der Waals surface area contributed by atoms with E-state index in [9.17, 15) is 14.4 Å². The minimum Gasteiger partial charge on any atom is -0.497 e. The number of nitrogens with zero attached hydrogens (tertiary/aromatic N) is 1. The van der Waals surface area contributed by atoms with E-state index in [0.717, 1.165) is 5.69 Å². The van der Waals surface area contributed by atoms with Crippen molar-refractivity contribution in [2.45, 2.75) is 0 Å². The van der Waals surface area contributed by atoms with Crippen molar-refractivity contribution in [2.75, 3.05) is 38.5 Å². The summed E-state index contributed by atoms with van der Waals surface area (Å²) in [7, 11) is 6.47. The molecule has 1 aliphatic heterocycles. The Bertz CT molecular complexity index is 1500. The number of aromatic amines is 1. The molecule has 0 radical (unpaired) electrons. The maximum Gasteiger partial charge on any atom is 0.342 e. The fourth-order valence-corrected chi connectivity index (χ4v) is 3.36. The van der Waals surface area contributed by atoms with Gasteiger partial charge in [0.25, 0.3) is 10.9 Å². The number of carbonyl (C=O) groups excluding carboxylic acids is 1. The van der Waals surface area contributed by atoms with Crippen LogP contribution in [-0.4, -0.2) is 39.3 Å². The number of aromatic nitrogens is 1. The summed E-state index contributed by atoms with van der Waals surface area (Å²) in [5.74, 6) is -0.177. The third kappa shape index (κ3) is 3.53. The summed E-state index contributed by atoms with van der Waals surface area (Å²) in [6, 6.07) is 12.0. The van der Waals surface area contributed by atoms with Crippen LogP contribution in [0, 0.1) is 10.8 Å². The minimum absolute atomic E-state index is 0.0718. The lowest BCUT2D eigenvalue weighted by Crippen LogP contribution is -2.30. The number of methoxy groups -OCH3 is 2. The van der Waals surface area contributed by atoms with Gasteiger partial charge in [-0.1, -0.05) is 0 Å². The van der Waals surface area contributed by atoms with Crippen LogP contribution in [0.4, 0.5) is 17.1 Å². The second-order valence-electron chi connectivity index (χ2n) is 7.26. The number of esters is 1. The van der Waals surface area contributed by atoms with Crippen LogP contribution in [-0.2, 0) is 4.74 Å². The van der Waals surface area contributed by atoms with E-state index in [2.05, 4.69) is 10.3 Å². The molecule has 32 heavy (non-hydrogen) atoms. The van der Waals surface area contributed by atoms with E-state index in [1.165, 1.54) is 14.2 Å². The second kappa shape index (κ2) is 8.10. The largest absolute Gasteiger partial charge is 0.497 e. The molecule has 0 unspecified atom stereocenters. The molecule has 0 fully saturated rings. The summed E-state index contributed by atoms with van der Waals surface area (Å²) in [5, 5.41) is 2.95. The number of hydrogen-bond donors (Lipinski definition) is 2. The van der Waals surface area contributed by atoms with Gasteiger partial charge in [-0.2, -0.15) is 0 Å². The molecule has 0 saturated heterocycles. The van der Waals surface area contributed by atoms with Gasteiger partial charge < -0.3 is 29.1 Å². The average Bonchev–Trinajstić information content (AvgIpc) is 2.81. The number of rotatable bonds is 5. The number of nitrogens with one attached hydrogen (secondary N) is 2. The molecule has 1 aliphatic carbocycles. The Morgan fingerprint density at radius 3 is 2.38 bits per heavy atom. The molecule has 0 atom stereocenters. The van der Waals surface area contributed by atoms with E-state index < -0.39 is 16.8 Å². The van der Waals surface area contributed by atoms with E-state index >= 15 is 0 Å². The van der Waals surface area contributed by atoms with E-state index in [1.807, 2.05) is 25.1 Å². The topological polar surface area (TPSA) is 114 Å². The first-order valence-electron chi connectivity index (χ1n) is 9.67. The Morgan fingerprint density at radius 1 is 1.03 bits per heavy atom. The van der Waals surface area contributed by atoms with Crippen LogP contribution in [0.15, 0.2) is 56.5 Å². The van der Waals surface area contributed by atoms with Crippen molar-refractivity contribution in [1.29, 1.82) is 0 Å². The molecule has 164 valence electrons. The lowest BCUT2D eigenvalue weighted by molar-refractivity contribution is 0.0600. The number of carbonyl (C=O) groups is 1. The molecule has 0 spiro atoms. The number of fused-ring (bicyclic) bond motifs is 1. The standard InChI is InChI=1S/C23H21N3O6/c1-26(2)13-7-10-15-16(11-13)32-22-19(25-15)17(23(29)31-4)18(20(27)21(22)28)24-12-5-8-14(30-3)9-6-12/h5-11,24-25H,1-4H3. The van der Waals surface area contributed by atoms with Crippen molar-refractivity contribution < 1.29 is 18.7 Å². The van der Waals surface area contributed by atoms with E-state index in [4.69, 9.17) is 13.9 Å². The van der Waals surface area contributed by atoms with Crippen LogP contribution in [0.1, 0.15) is 10.4 Å². The molecule has 9 heteroatoms. The van der Waals surface area contributed by atoms with E-state index in [0.29, 0.717) is 22.5 Å². The number of H-pyrrole nitrogens is 1. The lowest BCUT2D eigenvalue weighted by atomic mass is 10.1. The van der Waals surface area contributed by atoms with Gasteiger partial charge in [0, 0.05) is 31.5 Å². The zero-order valence-electron chi connectivity index (χ0n) is 17.9. The van der Waals surface area contributed by atoms with Crippen LogP contribution in [0.25, 0.3) is 11.1 Å². The molecule has 2 N–H and O–H groups in total. The van der Waals surface area contributed by atoms with Gasteiger partial charge in [0.2, 0.25) is 5.42 Å². The Kier molecular flexibility index (Phi) is 5.31. The molecule has 0 bridgehead atoms. The summed E-state index contributed by atoms with van der Waals surface area (Å²) < 4.78 is 15.8. The number of anilines is 3. The van der Waals surface area contributed by atoms with Gasteiger partial charge in [-0.15, -0.1) is 0 Å². The molecule has 0 aromatic heterocycles. The number of hydrogen-bond acceptors (Lipinski definition) is 8. The average molecular weight is 435 g/mol. The molecule has 0 amide bonds. The van der Waals surface area contributed by atoms with Gasteiger partial charge >= 0.3 is 5.97 Å². The molecule has 9 nitrogen and oxygen atoms in total. The van der Waals surface area contributed by atoms with E-state index in [1.54, 1.807) is 36.4 Å². The van der Waals surface area contributed by atoms with Gasteiger partial charge in [-0.05, 0) is 36.4 Å². The quantitative estimate of drug-likeness (QED) is 0.363. The highest BCUT2D eigenvalue weighted by molar-refractivity contribution is 5.96. The molecule has 2 aromatic carbocycles. The van der Waals surface area contributed by atoms with Gasteiger partial charge in [-0.25, -0.2) is 4.79 Å². The first kappa shape index (κ1) is 21.0. The highest BCUT2D eigenvalue weighted by Crippen LogP contribution is 2.24. The lowest BCUT2D eigenvalue weighted by Gasteiger charge is -2.14. The summed E-state index contributed by atoms with van der Waals surface area (Å²) in [4.78, 5) is 43.5. The fraction of sp³-hybridized carbons (Fsp3) is 0.174. The summed E-state index contributed by atoms with van der Waals surface area (Å²) in [6.45, 7) is 0. The molecule has 2 aromatic rings. The predicted molar refractivity (Wildman–Crippen MR) is 120 cm³/mol. The normalized spacial score (nSPS) is 10.9. The molecule has 1 heterocycles. The fourth-order valence-electron chi connectivity index (χ4n) is 3.36. The smallest absolute Gasteiger partial charge is 0.342 e. The first-order valence-corrected chi connectivity index (χ1v) is 9.67. The van der Waals surface area contributed by atoms with Crippen molar-refractivity contribution in [2.24, 2.45) is 0 Å². The third-order valence-corrected chi connectivity index (χ3v) is 5.07. The van der Waals surface area contributed by atoms with Crippen molar-refractivity contribution >= 4 is 34.1 Å². The van der Waals surface area contributed by atoms with Crippen molar-refractivity contribution in [1.82, 2.24) is 4.98 Å². The number of ether oxygens (including phenoxy) is 2. The zero-order valence-corrected chi connectivity index (χ0v) is 17.9. The van der Waals surface area contributed by atoms with Crippen LogP contribution in [0.3, 0.4) is 0 Å². The number of benzene rings is 2. The van der Waals surface area contributed by atoms with Crippen molar-refractivity contribution in [3.05, 3.63) is 79.2 Å². The van der Waals surface area contributed by atoms with Gasteiger partial charge in [-0.3, -0.25) is 9.59 Å². The SMILES string of the molecule is COC(=O)c1c(Nc2ccc(OC)cc2)c(=O)c(=O)c2oc3cc(N(C)C)ccc3[nH]c1=2. The maximum atomic E-state index is 13.0. The van der Waals surface area contributed by atoms with Gasteiger partial charge in [0.15, 0.2) is 5.58 Å². The van der Waals surface area contributed by atoms with Gasteiger partial charge in [0.05, 0.1) is 19.7 Å². The van der Waals surface area contributed by atoms with Gasteiger partial charge in [0.1, 0.15) is 22.3 Å². The minimum atomic E-state index is -0.908. The molecule has 0 saturated carbocycles. The molecule has 2 aliphatic rings. The van der Waals surface area contributed by atoms with Crippen molar-refractivity contribution in [3.63, 3.8) is 0 Å². The second-order valence-corrected chi connectivity index (χ2v) is 7.26. The highest BCUT2D eigenvalue weighted by atomic mass is 16.5. The maximum absolute atomic E-state index is 13.0. The summed E-state index contributed by atoms with van der Waals surface area (Å²) in [5.41, 5.74) is -0.117. The third-order valence-electron chi connectivity index (χ3n) is 5.07. The highest BCUT2D eigenvalue weighted by Gasteiger charge is 2.23. The first-order chi connectivity index (χ1) is 15.3. The summed E-state index contributed by atoms with van der Waals surface area (Å²) in [6.07, 6.45) is 0. The molecule has 4 rings (SSSR count). The van der Waals surface area contributed by atoms with Crippen molar-refractivity contribution in [3.8, 4) is 5.75 Å². The Balaban J connectivity index is 2.03. The molecular formula is C23H21N3O6. The monoisotopic (exact) mass is 435 g/mol. The van der Waals surface area contributed by atoms with Crippen LogP contribution in [0.5, 0.6) is 5.75 Å². The van der Waals surface area contributed by atoms with Crippen LogP contribution < -0.4 is 25.8 Å². The zero-order chi connectivity index (χ0) is 23.0. The van der Waals surface area contributed by atoms with Crippen LogP contribution in [0.2, 0.25) is 0 Å². The Hall–Kier alpha value is -4.27.